The fourth-order valence-electron chi connectivity index (χ4n) is 5.11. The Morgan fingerprint density at radius 2 is 1.42 bits per heavy atom. The average Bonchev–Trinajstić information content (AvgIpc) is 3.35. The highest BCUT2D eigenvalue weighted by Crippen LogP contribution is 2.44. The average molecular weight is 633 g/mol. The molecule has 2 N–H and O–H groups in total. The molecule has 0 saturated heterocycles. The topological polar surface area (TPSA) is 112 Å². The fourth-order valence-corrected chi connectivity index (χ4v) is 5.86. The number of nitrogens with one attached hydrogen (secondary N) is 2. The van der Waals surface area contributed by atoms with Gasteiger partial charge in [-0.15, -0.1) is 0 Å². The van der Waals surface area contributed by atoms with Gasteiger partial charge in [-0.25, -0.2) is 14.4 Å². The Hall–Kier alpha value is -4.15. The summed E-state index contributed by atoms with van der Waals surface area (Å²) in [6.45, 7) is 7.75. The lowest BCUT2D eigenvalue weighted by atomic mass is 9.98. The number of amides is 2. The van der Waals surface area contributed by atoms with Gasteiger partial charge in [-0.1, -0.05) is 98.5 Å². The second kappa shape index (κ2) is 16.8. The van der Waals surface area contributed by atoms with Gasteiger partial charge in [0.2, 0.25) is 0 Å². The van der Waals surface area contributed by atoms with E-state index in [4.69, 9.17) is 18.9 Å². The van der Waals surface area contributed by atoms with Crippen molar-refractivity contribution in [1.82, 2.24) is 10.6 Å². The van der Waals surface area contributed by atoms with Gasteiger partial charge in [0, 0.05) is 27.1 Å². The standard InChI is InChI=1S/C35H44N2O7Si/c1-45(2,3)22-21-41-25-44-33(38)32(19-11-12-20-36-34(39)42-23-26-13-5-4-6-14-26)37-35(40)43-24-31-29-17-9-7-15-27(29)28-16-8-10-18-30(28)31/h4-10,13-18,31-32H,11-12,19-25H2,1-3H3,(H,36,39)(H,37,40)/t32-/m0/s1. The summed E-state index contributed by atoms with van der Waals surface area (Å²) in [6, 6.07) is 25.7. The summed E-state index contributed by atoms with van der Waals surface area (Å²) in [5.74, 6) is -0.687. The van der Waals surface area contributed by atoms with E-state index in [1.54, 1.807) is 0 Å². The van der Waals surface area contributed by atoms with E-state index < -0.39 is 32.3 Å². The molecule has 2 amide bonds. The number of fused-ring (bicyclic) bond motifs is 3. The van der Waals surface area contributed by atoms with E-state index in [9.17, 15) is 14.4 Å². The zero-order valence-electron chi connectivity index (χ0n) is 26.4. The summed E-state index contributed by atoms with van der Waals surface area (Å²) in [4.78, 5) is 38.0. The van der Waals surface area contributed by atoms with Gasteiger partial charge in [0.1, 0.15) is 19.3 Å². The molecule has 4 rings (SSSR count). The van der Waals surface area contributed by atoms with Crippen LogP contribution < -0.4 is 10.6 Å². The van der Waals surface area contributed by atoms with Crippen LogP contribution in [0.3, 0.4) is 0 Å². The minimum atomic E-state index is -1.28. The van der Waals surface area contributed by atoms with E-state index in [2.05, 4.69) is 54.5 Å². The predicted octanol–water partition coefficient (Wildman–Crippen LogP) is 6.85. The molecular formula is C35H44N2O7Si. The maximum atomic E-state index is 13.0. The van der Waals surface area contributed by atoms with Crippen LogP contribution in [0.15, 0.2) is 78.9 Å². The lowest BCUT2D eigenvalue weighted by molar-refractivity contribution is -0.158. The molecule has 0 radical (unpaired) electrons. The molecular weight excluding hydrogens is 588 g/mol. The van der Waals surface area contributed by atoms with E-state index >= 15 is 0 Å². The number of hydrogen-bond acceptors (Lipinski definition) is 7. The van der Waals surface area contributed by atoms with Gasteiger partial charge in [0.15, 0.2) is 6.79 Å². The smallest absolute Gasteiger partial charge is 0.407 e. The monoisotopic (exact) mass is 632 g/mol. The maximum Gasteiger partial charge on any atom is 0.407 e. The Labute approximate surface area is 266 Å². The quantitative estimate of drug-likeness (QED) is 0.0584. The van der Waals surface area contributed by atoms with Gasteiger partial charge in [-0.05, 0) is 53.1 Å². The Bertz CT molecular complexity index is 1360. The van der Waals surface area contributed by atoms with Gasteiger partial charge in [0.05, 0.1) is 0 Å². The third kappa shape index (κ3) is 10.8. The highest BCUT2D eigenvalue weighted by Gasteiger charge is 2.30. The molecule has 1 aliphatic rings. The molecule has 0 heterocycles. The second-order valence-electron chi connectivity index (χ2n) is 12.3. The SMILES string of the molecule is C[Si](C)(C)CCOCOC(=O)[C@H](CCCCNC(=O)OCc1ccccc1)NC(=O)OCC1c2ccccc2-c2ccccc21. The molecule has 0 bridgehead atoms. The Morgan fingerprint density at radius 3 is 2.09 bits per heavy atom. The molecule has 0 spiro atoms. The first-order valence-corrected chi connectivity index (χ1v) is 19.2. The zero-order valence-corrected chi connectivity index (χ0v) is 27.4. The van der Waals surface area contributed by atoms with Crippen molar-refractivity contribution < 1.29 is 33.3 Å². The lowest BCUT2D eigenvalue weighted by Crippen LogP contribution is -2.42. The first-order chi connectivity index (χ1) is 21.7. The first-order valence-electron chi connectivity index (χ1n) is 15.5. The first kappa shape index (κ1) is 33.7. The molecule has 0 aromatic heterocycles. The van der Waals surface area contributed by atoms with Crippen molar-refractivity contribution in [3.8, 4) is 11.1 Å². The number of ether oxygens (including phenoxy) is 4. The molecule has 240 valence electrons. The maximum absolute atomic E-state index is 13.0. The van der Waals surface area contributed by atoms with E-state index in [-0.39, 0.29) is 25.9 Å². The summed E-state index contributed by atoms with van der Waals surface area (Å²) in [5.41, 5.74) is 5.38. The van der Waals surface area contributed by atoms with Gasteiger partial charge < -0.3 is 29.6 Å². The molecule has 1 atom stereocenters. The van der Waals surface area contributed by atoms with E-state index in [0.29, 0.717) is 32.4 Å². The molecule has 10 heteroatoms. The third-order valence-electron chi connectivity index (χ3n) is 7.60. The van der Waals surface area contributed by atoms with Gasteiger partial charge in [-0.2, -0.15) is 0 Å². The normalized spacial score (nSPS) is 12.9. The molecule has 0 unspecified atom stereocenters. The molecule has 1 aliphatic carbocycles. The van der Waals surface area contributed by atoms with Crippen molar-refractivity contribution in [3.05, 3.63) is 95.6 Å². The number of benzene rings is 3. The van der Waals surface area contributed by atoms with Crippen LogP contribution in [0.2, 0.25) is 25.7 Å². The van der Waals surface area contributed by atoms with Crippen molar-refractivity contribution in [3.63, 3.8) is 0 Å². The van der Waals surface area contributed by atoms with Crippen LogP contribution in [0.1, 0.15) is 41.9 Å². The van der Waals surface area contributed by atoms with E-state index in [1.165, 1.54) is 0 Å². The molecule has 0 aliphatic heterocycles. The fraction of sp³-hybridized carbons (Fsp3) is 0.400. The number of hydrogen-bond donors (Lipinski definition) is 2. The van der Waals surface area contributed by atoms with E-state index in [0.717, 1.165) is 33.9 Å². The van der Waals surface area contributed by atoms with Crippen LogP contribution in [0.5, 0.6) is 0 Å². The Kier molecular flexibility index (Phi) is 12.6. The van der Waals surface area contributed by atoms with Gasteiger partial charge in [-0.3, -0.25) is 0 Å². The van der Waals surface area contributed by atoms with Crippen molar-refractivity contribution in [1.29, 1.82) is 0 Å². The van der Waals surface area contributed by atoms with Crippen LogP contribution in [0.25, 0.3) is 11.1 Å². The second-order valence-corrected chi connectivity index (χ2v) is 17.9. The summed E-state index contributed by atoms with van der Waals surface area (Å²) in [7, 11) is -1.28. The minimum absolute atomic E-state index is 0.0963. The highest BCUT2D eigenvalue weighted by molar-refractivity contribution is 6.76. The summed E-state index contributed by atoms with van der Waals surface area (Å²) in [5, 5.41) is 5.41. The summed E-state index contributed by atoms with van der Waals surface area (Å²) < 4.78 is 21.8. The molecule has 9 nitrogen and oxygen atoms in total. The molecule has 0 fully saturated rings. The molecule has 0 saturated carbocycles. The predicted molar refractivity (Wildman–Crippen MR) is 176 cm³/mol. The Morgan fingerprint density at radius 1 is 0.778 bits per heavy atom. The number of alkyl carbamates (subject to hydrolysis) is 2. The van der Waals surface area contributed by atoms with Crippen molar-refractivity contribution in [2.45, 2.75) is 63.5 Å². The third-order valence-corrected chi connectivity index (χ3v) is 9.31. The Balaban J connectivity index is 1.26. The van der Waals surface area contributed by atoms with E-state index in [1.807, 2.05) is 54.6 Å². The molecule has 3 aromatic carbocycles. The van der Waals surface area contributed by atoms with Crippen LogP contribution in [0.4, 0.5) is 9.59 Å². The largest absolute Gasteiger partial charge is 0.449 e. The van der Waals surface area contributed by atoms with Crippen LogP contribution in [-0.2, 0) is 30.3 Å². The van der Waals surface area contributed by atoms with Gasteiger partial charge >= 0.3 is 18.2 Å². The molecule has 45 heavy (non-hydrogen) atoms. The van der Waals surface area contributed by atoms with Gasteiger partial charge in [0.25, 0.3) is 0 Å². The number of carbonyl (C=O) groups excluding carboxylic acids is 3. The number of unbranched alkanes of at least 4 members (excludes halogenated alkanes) is 1. The number of carbonyl (C=O) groups is 3. The minimum Gasteiger partial charge on any atom is -0.449 e. The van der Waals surface area contributed by atoms with Crippen LogP contribution >= 0.6 is 0 Å². The summed E-state index contributed by atoms with van der Waals surface area (Å²) >= 11 is 0. The van der Waals surface area contributed by atoms with Crippen molar-refractivity contribution in [2.75, 3.05) is 26.6 Å². The zero-order chi connectivity index (χ0) is 32.1. The number of esters is 1. The van der Waals surface area contributed by atoms with Crippen LogP contribution in [-0.4, -0.2) is 58.8 Å². The number of rotatable bonds is 16. The summed E-state index contributed by atoms with van der Waals surface area (Å²) in [6.07, 6.45) is 0.212. The van der Waals surface area contributed by atoms with Crippen molar-refractivity contribution >= 4 is 26.2 Å². The lowest BCUT2D eigenvalue weighted by Gasteiger charge is -2.20. The highest BCUT2D eigenvalue weighted by atomic mass is 28.3. The van der Waals surface area contributed by atoms with Crippen LogP contribution in [0, 0.1) is 0 Å². The molecule has 3 aromatic rings. The van der Waals surface area contributed by atoms with Crippen molar-refractivity contribution in [2.24, 2.45) is 0 Å².